The average Bonchev–Trinajstić information content (AvgIpc) is 3.23. The molecular formula is C28H43F3N4O9S. The highest BCUT2D eigenvalue weighted by molar-refractivity contribution is 7.80. The third-order valence-electron chi connectivity index (χ3n) is 4.83. The summed E-state index contributed by atoms with van der Waals surface area (Å²) in [6.45, 7) is 12.9. The summed E-state index contributed by atoms with van der Waals surface area (Å²) in [6, 6.07) is -0.0861. The topological polar surface area (TPSA) is 147 Å². The maximum Gasteiger partial charge on any atom is 0.419 e. The summed E-state index contributed by atoms with van der Waals surface area (Å²) in [5.41, 5.74) is -3.59. The predicted octanol–water partition coefficient (Wildman–Crippen LogP) is 5.54. The first-order valence-electron chi connectivity index (χ1n) is 13.9. The number of thiocarbonyl (C=S) groups is 1. The lowest BCUT2D eigenvalue weighted by Gasteiger charge is -2.34. The number of anilines is 1. The molecule has 13 nitrogen and oxygen atoms in total. The number of aromatic nitrogens is 1. The lowest BCUT2D eigenvalue weighted by molar-refractivity contribution is -0.174. The van der Waals surface area contributed by atoms with Gasteiger partial charge >= 0.3 is 30.4 Å². The van der Waals surface area contributed by atoms with Crippen molar-refractivity contribution in [1.82, 2.24) is 15.2 Å². The van der Waals surface area contributed by atoms with Crippen molar-refractivity contribution in [2.45, 2.75) is 98.3 Å². The molecule has 0 bridgehead atoms. The van der Waals surface area contributed by atoms with E-state index in [1.165, 1.54) is 13.0 Å². The van der Waals surface area contributed by atoms with Gasteiger partial charge in [0.2, 0.25) is 0 Å². The number of ether oxygens (including phenoxy) is 5. The molecular weight excluding hydrogens is 625 g/mol. The smallest absolute Gasteiger partial charge is 0.419 e. The summed E-state index contributed by atoms with van der Waals surface area (Å²) < 4.78 is 66.0. The van der Waals surface area contributed by atoms with Crippen molar-refractivity contribution >= 4 is 47.3 Å². The molecule has 0 spiro atoms. The van der Waals surface area contributed by atoms with Crippen molar-refractivity contribution in [3.63, 3.8) is 0 Å². The molecule has 17 heteroatoms. The van der Waals surface area contributed by atoms with E-state index in [0.717, 1.165) is 15.7 Å². The number of carbonyl (C=O) groups excluding carboxylic acids is 4. The summed E-state index contributed by atoms with van der Waals surface area (Å²) in [5.74, 6) is -1.03. The normalized spacial score (nSPS) is 12.9. The quantitative estimate of drug-likeness (QED) is 0.194. The van der Waals surface area contributed by atoms with Crippen molar-refractivity contribution in [3.05, 3.63) is 18.0 Å². The van der Waals surface area contributed by atoms with E-state index in [2.05, 4.69) is 10.6 Å². The van der Waals surface area contributed by atoms with E-state index >= 15 is 0 Å². The Labute approximate surface area is 266 Å². The fourth-order valence-corrected chi connectivity index (χ4v) is 3.78. The van der Waals surface area contributed by atoms with Crippen molar-refractivity contribution in [1.29, 1.82) is 0 Å². The Balaban J connectivity index is 3.86. The van der Waals surface area contributed by atoms with Gasteiger partial charge in [-0.1, -0.05) is 0 Å². The Morgan fingerprint density at radius 3 is 1.96 bits per heavy atom. The SMILES string of the molecule is CCOC(=O)NC(=S)N(c1ccn(C(=O)OC(C)(C)C)c1C(=O)OC(C)(C)C)C(CNC(=O)OC(C)(C)C)COCC(F)(F)F. The van der Waals surface area contributed by atoms with Crippen LogP contribution in [-0.4, -0.2) is 89.3 Å². The van der Waals surface area contributed by atoms with Gasteiger partial charge in [0, 0.05) is 12.7 Å². The molecule has 0 radical (unpaired) electrons. The minimum Gasteiger partial charge on any atom is -0.455 e. The maximum absolute atomic E-state index is 13.6. The number of hydrogen-bond donors (Lipinski definition) is 2. The van der Waals surface area contributed by atoms with Crippen molar-refractivity contribution in [2.24, 2.45) is 0 Å². The van der Waals surface area contributed by atoms with Crippen LogP contribution in [0.5, 0.6) is 0 Å². The zero-order valence-corrected chi connectivity index (χ0v) is 28.0. The van der Waals surface area contributed by atoms with Gasteiger partial charge < -0.3 is 33.9 Å². The average molecular weight is 669 g/mol. The van der Waals surface area contributed by atoms with E-state index in [1.807, 2.05) is 0 Å². The highest BCUT2D eigenvalue weighted by atomic mass is 32.1. The van der Waals surface area contributed by atoms with Gasteiger partial charge in [0.15, 0.2) is 10.8 Å². The van der Waals surface area contributed by atoms with E-state index in [1.54, 1.807) is 62.3 Å². The Bertz CT molecular complexity index is 1220. The van der Waals surface area contributed by atoms with E-state index in [4.69, 9.17) is 35.9 Å². The molecule has 0 saturated heterocycles. The molecule has 1 aromatic rings. The third-order valence-corrected chi connectivity index (χ3v) is 5.13. The van der Waals surface area contributed by atoms with E-state index in [9.17, 15) is 32.3 Å². The van der Waals surface area contributed by atoms with Gasteiger partial charge in [-0.15, -0.1) is 0 Å². The highest BCUT2D eigenvalue weighted by Crippen LogP contribution is 2.29. The molecule has 0 fully saturated rings. The highest BCUT2D eigenvalue weighted by Gasteiger charge is 2.36. The molecule has 0 aliphatic rings. The maximum atomic E-state index is 13.6. The zero-order chi connectivity index (χ0) is 35.0. The molecule has 1 atom stereocenters. The third kappa shape index (κ3) is 14.8. The number of alkyl halides is 3. The number of rotatable bonds is 9. The van der Waals surface area contributed by atoms with Crippen LogP contribution in [0, 0.1) is 0 Å². The monoisotopic (exact) mass is 668 g/mol. The number of halogens is 3. The second-order valence-corrected chi connectivity index (χ2v) is 13.0. The van der Waals surface area contributed by atoms with Crippen LogP contribution >= 0.6 is 12.2 Å². The standard InChI is InChI=1S/C28H43F3N4O9S/c1-11-41-23(38)33-21(45)35(17(15-40-16-28(29,30)31)14-32-22(37)43-26(5,6)7)18-12-13-34(24(39)44-27(8,9)10)19(18)20(36)42-25(2,3)4/h12-13,17H,11,14-16H2,1-10H3,(H,32,37)(H,33,38,45). The lowest BCUT2D eigenvalue weighted by atomic mass is 10.2. The molecule has 2 N–H and O–H groups in total. The Hall–Kier alpha value is -3.60. The fourth-order valence-electron chi connectivity index (χ4n) is 3.45. The number of amides is 2. The first-order chi connectivity index (χ1) is 20.3. The molecule has 1 aromatic heterocycles. The van der Waals surface area contributed by atoms with Gasteiger partial charge in [-0.25, -0.2) is 23.7 Å². The van der Waals surface area contributed by atoms with Gasteiger partial charge in [0.05, 0.1) is 24.9 Å². The number of alkyl carbamates (subject to hydrolysis) is 2. The Morgan fingerprint density at radius 1 is 0.911 bits per heavy atom. The Kier molecular flexibility index (Phi) is 13.7. The molecule has 0 aliphatic carbocycles. The van der Waals surface area contributed by atoms with Crippen molar-refractivity contribution < 1.29 is 56.0 Å². The second-order valence-electron chi connectivity index (χ2n) is 12.6. The molecule has 256 valence electrons. The molecule has 1 unspecified atom stereocenters. The number of nitrogens with zero attached hydrogens (tertiary/aromatic N) is 2. The Morgan fingerprint density at radius 2 is 1.47 bits per heavy atom. The summed E-state index contributed by atoms with van der Waals surface area (Å²) in [5, 5.41) is 4.25. The van der Waals surface area contributed by atoms with Crippen LogP contribution in [0.2, 0.25) is 0 Å². The van der Waals surface area contributed by atoms with Gasteiger partial charge in [0.1, 0.15) is 23.4 Å². The van der Waals surface area contributed by atoms with E-state index < -0.39 is 83.8 Å². The van der Waals surface area contributed by atoms with Crippen LogP contribution in [0.15, 0.2) is 12.3 Å². The predicted molar refractivity (Wildman–Crippen MR) is 161 cm³/mol. The van der Waals surface area contributed by atoms with Gasteiger partial charge in [0.25, 0.3) is 0 Å². The van der Waals surface area contributed by atoms with Crippen LogP contribution in [0.25, 0.3) is 0 Å². The molecule has 0 aromatic carbocycles. The first kappa shape index (κ1) is 39.4. The molecule has 1 heterocycles. The van der Waals surface area contributed by atoms with Gasteiger partial charge in [-0.3, -0.25) is 5.32 Å². The zero-order valence-electron chi connectivity index (χ0n) is 27.2. The minimum atomic E-state index is -4.71. The van der Waals surface area contributed by atoms with Gasteiger partial charge in [-0.05, 0) is 87.5 Å². The molecule has 0 saturated carbocycles. The summed E-state index contributed by atoms with van der Waals surface area (Å²) in [7, 11) is 0. The number of nitrogens with one attached hydrogen (secondary N) is 2. The van der Waals surface area contributed by atoms with Crippen LogP contribution in [-0.2, 0) is 23.7 Å². The fraction of sp³-hybridized carbons (Fsp3) is 0.679. The van der Waals surface area contributed by atoms with Crippen molar-refractivity contribution in [2.75, 3.05) is 31.3 Å². The van der Waals surface area contributed by atoms with Crippen LogP contribution in [0.1, 0.15) is 79.7 Å². The van der Waals surface area contributed by atoms with E-state index in [-0.39, 0.29) is 12.3 Å². The molecule has 2 amide bonds. The number of esters is 1. The van der Waals surface area contributed by atoms with Crippen LogP contribution < -0.4 is 15.5 Å². The lowest BCUT2D eigenvalue weighted by Crippen LogP contribution is -2.55. The first-order valence-corrected chi connectivity index (χ1v) is 14.3. The molecule has 1 rings (SSSR count). The van der Waals surface area contributed by atoms with E-state index in [0.29, 0.717) is 0 Å². The molecule has 0 aliphatic heterocycles. The largest absolute Gasteiger partial charge is 0.455 e. The number of carbonyl (C=O) groups is 4. The van der Waals surface area contributed by atoms with Crippen molar-refractivity contribution in [3.8, 4) is 0 Å². The van der Waals surface area contributed by atoms with Crippen LogP contribution in [0.4, 0.5) is 33.2 Å². The second kappa shape index (κ2) is 15.6. The van der Waals surface area contributed by atoms with Gasteiger partial charge in [-0.2, -0.15) is 13.2 Å². The number of hydrogen-bond acceptors (Lipinski definition) is 10. The minimum absolute atomic E-state index is 0.0506. The summed E-state index contributed by atoms with van der Waals surface area (Å²) in [4.78, 5) is 52.7. The van der Waals surface area contributed by atoms with Crippen LogP contribution in [0.3, 0.4) is 0 Å². The summed E-state index contributed by atoms with van der Waals surface area (Å²) in [6.07, 6.45) is -6.48. The summed E-state index contributed by atoms with van der Waals surface area (Å²) >= 11 is 5.45. The molecule has 45 heavy (non-hydrogen) atoms.